The molecule has 0 aliphatic rings. The second-order valence-electron chi connectivity index (χ2n) is 10.1. The first-order valence-electron chi connectivity index (χ1n) is 12.9. The third-order valence-corrected chi connectivity index (χ3v) is 7.85. The normalized spacial score (nSPS) is 10.8. The Balaban J connectivity index is 0.000000166. The molecule has 0 saturated heterocycles. The smallest absolute Gasteiger partial charge is 1.00 e. The third-order valence-electron chi connectivity index (χ3n) is 7.85. The van der Waals surface area contributed by atoms with Crippen LogP contribution in [0.15, 0.2) is 97.1 Å². The first-order valence-corrected chi connectivity index (χ1v) is 14.7. The Morgan fingerprint density at radius 1 is 0.550 bits per heavy atom. The van der Waals surface area contributed by atoms with Gasteiger partial charge in [-0.2, -0.15) is 0 Å². The Bertz CT molecular complexity index is 1970. The number of rotatable bonds is 0. The van der Waals surface area contributed by atoms with Crippen molar-refractivity contribution >= 4 is 69.4 Å². The topological polar surface area (TPSA) is 9.86 Å². The van der Waals surface area contributed by atoms with Gasteiger partial charge in [0.25, 0.3) is 0 Å². The van der Waals surface area contributed by atoms with Gasteiger partial charge in [0.1, 0.15) is 0 Å². The molecular weight excluding hydrogens is 611 g/mol. The van der Waals surface area contributed by atoms with E-state index in [0.29, 0.717) is 0 Å². The average molecular weight is 641 g/mol. The van der Waals surface area contributed by atoms with Crippen LogP contribution in [0.4, 0.5) is 0 Å². The fraction of sp³-hybridized carbons (Fsp3) is 0.114. The summed E-state index contributed by atoms with van der Waals surface area (Å²) in [5.41, 5.74) is 7.93. The van der Waals surface area contributed by atoms with Crippen LogP contribution in [-0.4, -0.2) is 13.3 Å². The van der Waals surface area contributed by atoms with E-state index >= 15 is 0 Å². The Morgan fingerprint density at radius 2 is 0.925 bits per heavy atom. The summed E-state index contributed by atoms with van der Waals surface area (Å²) in [7, 11) is 4.30. The molecule has 0 N–H and O–H groups in total. The van der Waals surface area contributed by atoms with Crippen LogP contribution in [0.2, 0.25) is 0 Å². The summed E-state index contributed by atoms with van der Waals surface area (Å²) in [5, 5.41) is 10.9. The van der Waals surface area contributed by atoms with Gasteiger partial charge in [0.15, 0.2) is 0 Å². The van der Waals surface area contributed by atoms with Crippen LogP contribution in [0.25, 0.3) is 65.2 Å². The zero-order valence-corrected chi connectivity index (χ0v) is 27.1. The molecule has 0 aliphatic heterocycles. The first kappa shape index (κ1) is 30.0. The van der Waals surface area contributed by atoms with Gasteiger partial charge in [-0.15, -0.1) is 70.1 Å². The van der Waals surface area contributed by atoms with Gasteiger partial charge in [0.2, 0.25) is 0 Å². The fourth-order valence-corrected chi connectivity index (χ4v) is 6.06. The van der Waals surface area contributed by atoms with Crippen molar-refractivity contribution in [2.45, 2.75) is 13.8 Å². The fourth-order valence-electron chi connectivity index (χ4n) is 6.06. The van der Waals surface area contributed by atoms with Crippen molar-refractivity contribution in [2.24, 2.45) is 14.1 Å². The van der Waals surface area contributed by atoms with Gasteiger partial charge in [-0.3, -0.25) is 0 Å². The van der Waals surface area contributed by atoms with Crippen LogP contribution in [0, 0.1) is 13.8 Å². The molecule has 0 aliphatic carbocycles. The van der Waals surface area contributed by atoms with Crippen LogP contribution in [-0.2, 0) is 38.3 Å². The second kappa shape index (κ2) is 11.9. The van der Waals surface area contributed by atoms with E-state index in [-0.39, 0.29) is 24.8 Å². The van der Waals surface area contributed by atoms with E-state index in [1.807, 2.05) is 0 Å². The molecule has 0 radical (unpaired) electrons. The molecule has 2 nitrogen and oxygen atoms in total. The number of hydrogen-bond acceptors (Lipinski definition) is 0. The molecule has 6 aromatic carbocycles. The molecule has 200 valence electrons. The van der Waals surface area contributed by atoms with Gasteiger partial charge in [0, 0.05) is 25.1 Å². The summed E-state index contributed by atoms with van der Waals surface area (Å²) < 4.78 is 7.93. The summed E-state index contributed by atoms with van der Waals surface area (Å²) in [4.78, 5) is 0. The van der Waals surface area contributed by atoms with Crippen LogP contribution >= 0.6 is 0 Å². The van der Waals surface area contributed by atoms with Crippen molar-refractivity contribution < 1.29 is 49.0 Å². The van der Waals surface area contributed by atoms with Crippen LogP contribution in [0.1, 0.15) is 11.1 Å². The average Bonchev–Trinajstić information content (AvgIpc) is 3.65. The molecule has 40 heavy (non-hydrogen) atoms. The molecule has 5 heteroatoms. The predicted molar refractivity (Wildman–Crippen MR) is 164 cm³/mol. The summed E-state index contributed by atoms with van der Waals surface area (Å²) in [6.45, 7) is 4.31. The van der Waals surface area contributed by atoms with Crippen molar-refractivity contribution in [3.05, 3.63) is 108 Å². The standard InChI is InChI=1S/2C17H14N.CH2.2ClH.Zr/c2*1-11-7-8-15-14(9-11)17-13-6-4-3-5-12(13)10-16(17)18(15)2;;;;/h2*3-10H,1-2H3;1H2;2*1H;/q2*-1;;;;+2/p-2. The van der Waals surface area contributed by atoms with Crippen molar-refractivity contribution in [3.8, 4) is 0 Å². The maximum atomic E-state index is 3.34. The van der Waals surface area contributed by atoms with Gasteiger partial charge in [-0.25, -0.2) is 0 Å². The molecule has 0 fully saturated rings. The molecule has 0 bridgehead atoms. The summed E-state index contributed by atoms with van der Waals surface area (Å²) >= 11 is 1.30. The van der Waals surface area contributed by atoms with E-state index in [2.05, 4.69) is 138 Å². The summed E-state index contributed by atoms with van der Waals surface area (Å²) in [6.07, 6.45) is 0. The molecule has 8 aromatic rings. The van der Waals surface area contributed by atoms with Crippen molar-refractivity contribution in [2.75, 3.05) is 0 Å². The number of halogens is 2. The second-order valence-corrected chi connectivity index (χ2v) is 10.1. The third kappa shape index (κ3) is 4.69. The maximum Gasteiger partial charge on any atom is -1.00 e. The van der Waals surface area contributed by atoms with Crippen molar-refractivity contribution in [1.29, 1.82) is 0 Å². The number of hydrogen-bond donors (Lipinski definition) is 0. The molecule has 2 aromatic heterocycles. The number of nitrogens with zero attached hydrogens (tertiary/aromatic N) is 2. The van der Waals surface area contributed by atoms with Crippen LogP contribution in [0.3, 0.4) is 0 Å². The predicted octanol–water partition coefficient (Wildman–Crippen LogP) is 3.00. The molecule has 2 heterocycles. The van der Waals surface area contributed by atoms with Crippen LogP contribution in [0.5, 0.6) is 0 Å². The SMILES string of the molecule is Cc1ccc2c(c1)c1c3ccccc3[cH-]c1n2C.Cc1ccc2c(c1)c1c3ccccc3[cH-]c1n2C.[CH2]=[Zr+2].[Cl-].[Cl-]. The first-order chi connectivity index (χ1) is 18.5. The summed E-state index contributed by atoms with van der Waals surface area (Å²) in [6, 6.07) is 35.3. The molecule has 0 spiro atoms. The molecule has 0 unspecified atom stereocenters. The van der Waals surface area contributed by atoms with Gasteiger partial charge >= 0.3 is 28.4 Å². The van der Waals surface area contributed by atoms with Gasteiger partial charge in [0.05, 0.1) is 0 Å². The van der Waals surface area contributed by atoms with E-state index in [9.17, 15) is 0 Å². The summed E-state index contributed by atoms with van der Waals surface area (Å²) in [5.74, 6) is 0. The van der Waals surface area contributed by atoms with E-state index in [4.69, 9.17) is 0 Å². The van der Waals surface area contributed by atoms with Gasteiger partial charge < -0.3 is 33.9 Å². The zero-order valence-electron chi connectivity index (χ0n) is 23.1. The number of aromatic nitrogens is 2. The quantitative estimate of drug-likeness (QED) is 0.226. The van der Waals surface area contributed by atoms with Crippen molar-refractivity contribution in [3.63, 3.8) is 0 Å². The van der Waals surface area contributed by atoms with Crippen molar-refractivity contribution in [1.82, 2.24) is 9.13 Å². The molecular formula is C35H30Cl2N2Zr-2. The monoisotopic (exact) mass is 638 g/mol. The van der Waals surface area contributed by atoms with E-state index < -0.39 is 0 Å². The largest absolute Gasteiger partial charge is 1.00 e. The zero-order chi connectivity index (χ0) is 26.6. The minimum atomic E-state index is 0. The minimum Gasteiger partial charge on any atom is -1.00 e. The van der Waals surface area contributed by atoms with E-state index in [1.165, 1.54) is 101 Å². The number of fused-ring (bicyclic) bond motifs is 10. The number of aryl methyl sites for hydroxylation is 4. The van der Waals surface area contributed by atoms with Gasteiger partial charge in [-0.1, -0.05) is 58.3 Å². The number of benzene rings is 4. The van der Waals surface area contributed by atoms with Crippen LogP contribution < -0.4 is 24.8 Å². The Labute approximate surface area is 262 Å². The maximum absolute atomic E-state index is 3.34. The Morgan fingerprint density at radius 3 is 1.32 bits per heavy atom. The van der Waals surface area contributed by atoms with E-state index in [0.717, 1.165) is 0 Å². The van der Waals surface area contributed by atoms with Gasteiger partial charge in [-0.05, 0) is 47.8 Å². The molecule has 0 atom stereocenters. The molecule has 0 amide bonds. The minimum absolute atomic E-state index is 0. The molecule has 8 rings (SSSR count). The Kier molecular flexibility index (Phi) is 8.90. The Hall–Kier alpha value is -2.97. The molecule has 0 saturated carbocycles. The van der Waals surface area contributed by atoms with E-state index in [1.54, 1.807) is 0 Å².